The summed E-state index contributed by atoms with van der Waals surface area (Å²) in [5.74, 6) is 1.98. The van der Waals surface area contributed by atoms with Crippen LogP contribution in [0.2, 0.25) is 0 Å². The molecule has 0 amide bonds. The minimum absolute atomic E-state index is 0.581. The molecule has 0 saturated carbocycles. The van der Waals surface area contributed by atoms with Crippen molar-refractivity contribution >= 4 is 11.6 Å². The fraction of sp³-hybridized carbons (Fsp3) is 0.636. The molecule has 1 atom stereocenters. The van der Waals surface area contributed by atoms with Gasteiger partial charge >= 0.3 is 0 Å². The van der Waals surface area contributed by atoms with Crippen LogP contribution in [0.5, 0.6) is 0 Å². The number of anilines is 2. The van der Waals surface area contributed by atoms with Gasteiger partial charge in [0.25, 0.3) is 0 Å². The van der Waals surface area contributed by atoms with Crippen molar-refractivity contribution in [3.8, 4) is 0 Å². The molecule has 1 saturated heterocycles. The number of nitrogens with one attached hydrogen (secondary N) is 1. The maximum atomic E-state index is 4.33. The number of likely N-dealkylation sites (N-methyl/N-ethyl adjacent to an activating group) is 1. The Morgan fingerprint density at radius 3 is 2.88 bits per heavy atom. The summed E-state index contributed by atoms with van der Waals surface area (Å²) < 4.78 is 0. The van der Waals surface area contributed by atoms with Crippen LogP contribution in [0, 0.1) is 0 Å². The molecule has 1 fully saturated rings. The van der Waals surface area contributed by atoms with Crippen LogP contribution in [0.1, 0.15) is 6.42 Å². The highest BCUT2D eigenvalue weighted by atomic mass is 15.2. The van der Waals surface area contributed by atoms with Crippen LogP contribution in [0.15, 0.2) is 12.4 Å². The molecule has 0 spiro atoms. The van der Waals surface area contributed by atoms with Crippen LogP contribution in [-0.2, 0) is 0 Å². The summed E-state index contributed by atoms with van der Waals surface area (Å²) in [6, 6.07) is 2.62. The van der Waals surface area contributed by atoms with Gasteiger partial charge in [-0.2, -0.15) is 0 Å². The quantitative estimate of drug-likeness (QED) is 0.797. The van der Waals surface area contributed by atoms with E-state index < -0.39 is 0 Å². The molecule has 1 aliphatic heterocycles. The van der Waals surface area contributed by atoms with Gasteiger partial charge in [0.15, 0.2) is 0 Å². The first kappa shape index (κ1) is 11.1. The van der Waals surface area contributed by atoms with Crippen molar-refractivity contribution in [2.45, 2.75) is 12.5 Å². The normalized spacial score (nSPS) is 20.2. The summed E-state index contributed by atoms with van der Waals surface area (Å²) in [6.07, 6.45) is 2.81. The second-order valence-corrected chi connectivity index (χ2v) is 4.35. The molecule has 1 aromatic rings. The Morgan fingerprint density at radius 2 is 2.25 bits per heavy atom. The largest absolute Gasteiger partial charge is 0.363 e. The lowest BCUT2D eigenvalue weighted by Gasteiger charge is -2.19. The number of nitrogens with zero attached hydrogens (tertiary/aromatic N) is 4. The van der Waals surface area contributed by atoms with Crippen molar-refractivity contribution < 1.29 is 0 Å². The van der Waals surface area contributed by atoms with Crippen LogP contribution in [-0.4, -0.2) is 50.2 Å². The van der Waals surface area contributed by atoms with Crippen molar-refractivity contribution in [1.29, 1.82) is 0 Å². The van der Waals surface area contributed by atoms with E-state index in [0.717, 1.165) is 24.7 Å². The minimum atomic E-state index is 0.581. The molecule has 1 aromatic heterocycles. The number of hydrogen-bond acceptors (Lipinski definition) is 5. The molecule has 0 bridgehead atoms. The van der Waals surface area contributed by atoms with Gasteiger partial charge in [-0.3, -0.25) is 0 Å². The Bertz CT molecular complexity index is 352. The van der Waals surface area contributed by atoms with Crippen molar-refractivity contribution in [3.05, 3.63) is 12.4 Å². The van der Waals surface area contributed by atoms with E-state index >= 15 is 0 Å². The molecule has 0 radical (unpaired) electrons. The molecular weight excluding hydrogens is 202 g/mol. The van der Waals surface area contributed by atoms with Gasteiger partial charge in [-0.25, -0.2) is 9.97 Å². The van der Waals surface area contributed by atoms with Crippen molar-refractivity contribution in [2.24, 2.45) is 0 Å². The Morgan fingerprint density at radius 1 is 1.44 bits per heavy atom. The highest BCUT2D eigenvalue weighted by molar-refractivity contribution is 5.50. The maximum absolute atomic E-state index is 4.33. The van der Waals surface area contributed by atoms with Gasteiger partial charge in [-0.1, -0.05) is 0 Å². The Labute approximate surface area is 96.5 Å². The number of hydrogen-bond donors (Lipinski definition) is 1. The molecule has 5 nitrogen and oxygen atoms in total. The molecule has 16 heavy (non-hydrogen) atoms. The second kappa shape index (κ2) is 4.65. The van der Waals surface area contributed by atoms with Crippen LogP contribution in [0.4, 0.5) is 11.6 Å². The molecule has 1 unspecified atom stereocenters. The first-order valence-electron chi connectivity index (χ1n) is 5.62. The van der Waals surface area contributed by atoms with Crippen molar-refractivity contribution in [3.63, 3.8) is 0 Å². The zero-order valence-corrected chi connectivity index (χ0v) is 10.1. The van der Waals surface area contributed by atoms with E-state index in [4.69, 9.17) is 0 Å². The molecule has 5 heteroatoms. The maximum Gasteiger partial charge on any atom is 0.134 e. The van der Waals surface area contributed by atoms with Gasteiger partial charge in [0.2, 0.25) is 0 Å². The van der Waals surface area contributed by atoms with Crippen LogP contribution in [0.3, 0.4) is 0 Å². The molecule has 1 N–H and O–H groups in total. The Kier molecular flexibility index (Phi) is 3.24. The average molecular weight is 221 g/mol. The fourth-order valence-electron chi connectivity index (χ4n) is 1.96. The van der Waals surface area contributed by atoms with Gasteiger partial charge < -0.3 is 15.1 Å². The van der Waals surface area contributed by atoms with Gasteiger partial charge in [-0.05, 0) is 13.5 Å². The zero-order valence-electron chi connectivity index (χ0n) is 10.1. The van der Waals surface area contributed by atoms with Gasteiger partial charge in [-0.15, -0.1) is 0 Å². The molecule has 0 aromatic carbocycles. The van der Waals surface area contributed by atoms with E-state index in [1.54, 1.807) is 6.33 Å². The zero-order chi connectivity index (χ0) is 11.5. The van der Waals surface area contributed by atoms with E-state index in [1.165, 1.54) is 6.42 Å². The standard InChI is InChI=1S/C11H19N5/c1-12-9-4-5-16(7-9)11-6-10(15(2)3)13-8-14-11/h6,8-9,12H,4-5,7H2,1-3H3. The monoisotopic (exact) mass is 221 g/mol. The molecule has 0 aliphatic carbocycles. The molecule has 88 valence electrons. The average Bonchev–Trinajstić information content (AvgIpc) is 2.77. The van der Waals surface area contributed by atoms with E-state index in [1.807, 2.05) is 32.1 Å². The lowest BCUT2D eigenvalue weighted by molar-refractivity contribution is 0.616. The topological polar surface area (TPSA) is 44.3 Å². The first-order chi connectivity index (χ1) is 7.70. The minimum Gasteiger partial charge on any atom is -0.363 e. The second-order valence-electron chi connectivity index (χ2n) is 4.35. The highest BCUT2D eigenvalue weighted by Gasteiger charge is 2.22. The lowest BCUT2D eigenvalue weighted by Crippen LogP contribution is -2.30. The third kappa shape index (κ3) is 2.24. The summed E-state index contributed by atoms with van der Waals surface area (Å²) in [7, 11) is 6.00. The number of rotatable bonds is 3. The predicted octanol–water partition coefficient (Wildman–Crippen LogP) is 0.341. The molecule has 2 heterocycles. The molecule has 2 rings (SSSR count). The van der Waals surface area contributed by atoms with Crippen LogP contribution in [0.25, 0.3) is 0 Å². The SMILES string of the molecule is CNC1CCN(c2cc(N(C)C)ncn2)C1. The summed E-state index contributed by atoms with van der Waals surface area (Å²) >= 11 is 0. The van der Waals surface area contributed by atoms with E-state index in [-0.39, 0.29) is 0 Å². The van der Waals surface area contributed by atoms with Crippen molar-refractivity contribution in [1.82, 2.24) is 15.3 Å². The third-order valence-electron chi connectivity index (χ3n) is 3.02. The van der Waals surface area contributed by atoms with Crippen molar-refractivity contribution in [2.75, 3.05) is 44.0 Å². The summed E-state index contributed by atoms with van der Waals surface area (Å²) in [6.45, 7) is 2.09. The first-order valence-corrected chi connectivity index (χ1v) is 5.62. The lowest BCUT2D eigenvalue weighted by atomic mass is 10.3. The predicted molar refractivity (Wildman–Crippen MR) is 66.0 cm³/mol. The summed E-state index contributed by atoms with van der Waals surface area (Å²) in [4.78, 5) is 12.9. The fourth-order valence-corrected chi connectivity index (χ4v) is 1.96. The van der Waals surface area contributed by atoms with E-state index in [9.17, 15) is 0 Å². The highest BCUT2D eigenvalue weighted by Crippen LogP contribution is 2.20. The Balaban J connectivity index is 2.12. The smallest absolute Gasteiger partial charge is 0.134 e. The Hall–Kier alpha value is -1.36. The van der Waals surface area contributed by atoms with Gasteiger partial charge in [0.05, 0.1) is 0 Å². The van der Waals surface area contributed by atoms with Crippen LogP contribution < -0.4 is 15.1 Å². The van der Waals surface area contributed by atoms with E-state index in [2.05, 4.69) is 20.2 Å². The van der Waals surface area contributed by atoms with Crippen LogP contribution >= 0.6 is 0 Å². The van der Waals surface area contributed by atoms with E-state index in [0.29, 0.717) is 6.04 Å². The molecular formula is C11H19N5. The van der Waals surface area contributed by atoms with Gasteiger partial charge in [0, 0.05) is 39.3 Å². The summed E-state index contributed by atoms with van der Waals surface area (Å²) in [5.41, 5.74) is 0. The molecule has 1 aliphatic rings. The number of aromatic nitrogens is 2. The third-order valence-corrected chi connectivity index (χ3v) is 3.02. The van der Waals surface area contributed by atoms with Gasteiger partial charge in [0.1, 0.15) is 18.0 Å². The summed E-state index contributed by atoms with van der Waals surface area (Å²) in [5, 5.41) is 3.31.